The van der Waals surface area contributed by atoms with Crippen LogP contribution in [-0.4, -0.2) is 19.9 Å². The van der Waals surface area contributed by atoms with Gasteiger partial charge in [0.25, 0.3) is 0 Å². The van der Waals surface area contributed by atoms with Crippen LogP contribution in [-0.2, 0) is 0 Å². The highest BCUT2D eigenvalue weighted by Crippen LogP contribution is 2.51. The SMILES string of the molecule is Ic1ccccccc2nc3c(nc2c1)C1CC=Cc2c1c1c-3cccc1c1nc3cc4ccccc4cc3nc21. The molecular weight excluding hydrogens is 615 g/mol. The fraction of sp³-hybridized carbons (Fsp3) is 0.0556. The molecule has 0 aliphatic heterocycles. The zero-order chi connectivity index (χ0) is 27.1. The maximum absolute atomic E-state index is 5.33. The number of fused-ring (bicyclic) bond motifs is 9. The summed E-state index contributed by atoms with van der Waals surface area (Å²) in [6, 6.07) is 33.7. The lowest BCUT2D eigenvalue weighted by molar-refractivity contribution is 0.790. The molecule has 0 radical (unpaired) electrons. The summed E-state index contributed by atoms with van der Waals surface area (Å²) in [4.78, 5) is 21.2. The third kappa shape index (κ3) is 3.45. The highest BCUT2D eigenvalue weighted by Gasteiger charge is 2.34. The van der Waals surface area contributed by atoms with E-state index in [1.54, 1.807) is 0 Å². The molecule has 0 amide bonds. The molecule has 5 aromatic carbocycles. The highest BCUT2D eigenvalue weighted by atomic mass is 127. The second kappa shape index (κ2) is 8.75. The van der Waals surface area contributed by atoms with Crippen molar-refractivity contribution in [3.05, 3.63) is 124 Å². The van der Waals surface area contributed by atoms with E-state index in [-0.39, 0.29) is 5.92 Å². The van der Waals surface area contributed by atoms with Gasteiger partial charge in [-0.15, -0.1) is 0 Å². The zero-order valence-corrected chi connectivity index (χ0v) is 24.0. The van der Waals surface area contributed by atoms with E-state index in [0.717, 1.165) is 71.0 Å². The summed E-state index contributed by atoms with van der Waals surface area (Å²) in [5.41, 5.74) is 11.1. The van der Waals surface area contributed by atoms with Crippen LogP contribution in [0.3, 0.4) is 0 Å². The number of halogens is 1. The molecule has 0 saturated carbocycles. The van der Waals surface area contributed by atoms with Crippen LogP contribution >= 0.6 is 22.6 Å². The highest BCUT2D eigenvalue weighted by molar-refractivity contribution is 14.1. The Bertz CT molecular complexity index is 2380. The first-order valence-electron chi connectivity index (χ1n) is 13.8. The monoisotopic (exact) mass is 636 g/mol. The molecule has 0 saturated heterocycles. The fourth-order valence-electron chi connectivity index (χ4n) is 6.58. The van der Waals surface area contributed by atoms with E-state index >= 15 is 0 Å². The Labute approximate surface area is 249 Å². The fourth-order valence-corrected chi connectivity index (χ4v) is 7.08. The Morgan fingerprint density at radius 3 is 2.20 bits per heavy atom. The summed E-state index contributed by atoms with van der Waals surface area (Å²) in [7, 11) is 0. The van der Waals surface area contributed by atoms with Crippen molar-refractivity contribution in [3.8, 4) is 11.3 Å². The van der Waals surface area contributed by atoms with Crippen LogP contribution in [0.15, 0.2) is 103 Å². The Hall–Kier alpha value is -4.49. The van der Waals surface area contributed by atoms with E-state index in [1.165, 1.54) is 21.7 Å². The van der Waals surface area contributed by atoms with Crippen molar-refractivity contribution in [1.29, 1.82) is 0 Å². The number of aromatic nitrogens is 4. The lowest BCUT2D eigenvalue weighted by Gasteiger charge is -2.31. The number of hydrogen-bond donors (Lipinski definition) is 0. The summed E-state index contributed by atoms with van der Waals surface area (Å²) in [5.74, 6) is 0.111. The molecule has 0 fully saturated rings. The summed E-state index contributed by atoms with van der Waals surface area (Å²) < 4.78 is 1.11. The standard InChI is InChI=1S/C36H21IN4/c37-22-11-3-1-2-4-16-27-30(19-22)41-34-24-13-8-15-26-32(24)31-23(33(34)38-27)12-7-14-25(31)35-36(26)40-29-18-21-10-6-5-9-20(21)17-28(29)39-35/h1-12,14-19,24H,13H2. The van der Waals surface area contributed by atoms with Gasteiger partial charge in [0.1, 0.15) is 0 Å². The molecule has 2 heterocycles. The Morgan fingerprint density at radius 1 is 0.634 bits per heavy atom. The van der Waals surface area contributed by atoms with E-state index in [9.17, 15) is 0 Å². The first-order chi connectivity index (χ1) is 20.2. The Morgan fingerprint density at radius 2 is 1.37 bits per heavy atom. The number of hydrogen-bond acceptors (Lipinski definition) is 4. The minimum Gasteiger partial charge on any atom is -0.248 e. The number of rotatable bonds is 0. The second-order valence-corrected chi connectivity index (χ2v) is 12.0. The minimum atomic E-state index is 0.111. The zero-order valence-electron chi connectivity index (χ0n) is 21.8. The van der Waals surface area contributed by atoms with Crippen molar-refractivity contribution in [2.24, 2.45) is 0 Å². The summed E-state index contributed by atoms with van der Waals surface area (Å²) in [6.45, 7) is 0. The van der Waals surface area contributed by atoms with Crippen LogP contribution in [0.5, 0.6) is 0 Å². The van der Waals surface area contributed by atoms with Crippen LogP contribution in [0.1, 0.15) is 29.2 Å². The number of nitrogens with zero attached hydrogens (tertiary/aromatic N) is 4. The average molecular weight is 636 g/mol. The third-order valence-electron chi connectivity index (χ3n) is 8.35. The van der Waals surface area contributed by atoms with Gasteiger partial charge in [-0.2, -0.15) is 0 Å². The predicted molar refractivity (Wildman–Crippen MR) is 176 cm³/mol. The van der Waals surface area contributed by atoms with Crippen LogP contribution in [0, 0.1) is 3.57 Å². The molecule has 5 heteroatoms. The average Bonchev–Trinajstić information content (AvgIpc) is 3.00. The molecule has 0 bridgehead atoms. The van der Waals surface area contributed by atoms with Crippen molar-refractivity contribution in [2.75, 3.05) is 0 Å². The molecule has 9 rings (SSSR count). The Balaban J connectivity index is 1.43. The van der Waals surface area contributed by atoms with Crippen LogP contribution in [0.2, 0.25) is 0 Å². The molecule has 4 nitrogen and oxygen atoms in total. The lowest BCUT2D eigenvalue weighted by Crippen LogP contribution is -2.16. The van der Waals surface area contributed by atoms with Gasteiger partial charge in [-0.3, -0.25) is 0 Å². The summed E-state index contributed by atoms with van der Waals surface area (Å²) in [5, 5.41) is 4.71. The molecule has 1 unspecified atom stereocenters. The molecule has 1 atom stereocenters. The normalized spacial score (nSPS) is 15.0. The van der Waals surface area contributed by atoms with Gasteiger partial charge in [-0.05, 0) is 81.1 Å². The van der Waals surface area contributed by atoms with Crippen LogP contribution < -0.4 is 0 Å². The molecule has 2 aromatic heterocycles. The topological polar surface area (TPSA) is 51.6 Å². The minimum absolute atomic E-state index is 0.111. The van der Waals surface area contributed by atoms with Crippen LogP contribution in [0.4, 0.5) is 0 Å². The van der Waals surface area contributed by atoms with Gasteiger partial charge in [-0.1, -0.05) is 78.9 Å². The quantitative estimate of drug-likeness (QED) is 0.0946. The third-order valence-corrected chi connectivity index (χ3v) is 9.02. The van der Waals surface area contributed by atoms with Gasteiger partial charge < -0.3 is 0 Å². The van der Waals surface area contributed by atoms with Crippen molar-refractivity contribution < 1.29 is 0 Å². The van der Waals surface area contributed by atoms with Crippen LogP contribution in [0.25, 0.3) is 72.0 Å². The van der Waals surface area contributed by atoms with Gasteiger partial charge in [0.05, 0.1) is 44.5 Å². The largest absolute Gasteiger partial charge is 0.248 e. The lowest BCUT2D eigenvalue weighted by atomic mass is 9.74. The number of allylic oxidation sites excluding steroid dienone is 1. The molecule has 0 N–H and O–H groups in total. The molecule has 2 aliphatic carbocycles. The van der Waals surface area contributed by atoms with Crippen molar-refractivity contribution in [2.45, 2.75) is 12.3 Å². The first-order valence-corrected chi connectivity index (χ1v) is 14.9. The van der Waals surface area contributed by atoms with E-state index in [4.69, 9.17) is 19.9 Å². The van der Waals surface area contributed by atoms with Crippen molar-refractivity contribution in [3.63, 3.8) is 0 Å². The molecule has 2 aliphatic rings. The van der Waals surface area contributed by atoms with Crippen molar-refractivity contribution >= 4 is 83.3 Å². The summed E-state index contributed by atoms with van der Waals surface area (Å²) >= 11 is 2.36. The smallest absolute Gasteiger partial charge is 0.0979 e. The maximum atomic E-state index is 5.33. The van der Waals surface area contributed by atoms with E-state index < -0.39 is 0 Å². The van der Waals surface area contributed by atoms with Gasteiger partial charge in [0.15, 0.2) is 0 Å². The van der Waals surface area contributed by atoms with E-state index in [0.29, 0.717) is 0 Å². The molecule has 192 valence electrons. The predicted octanol–water partition coefficient (Wildman–Crippen LogP) is 9.29. The van der Waals surface area contributed by atoms with E-state index in [1.807, 2.05) is 24.3 Å². The molecular formula is C36H21IN4. The van der Waals surface area contributed by atoms with Gasteiger partial charge in [0.2, 0.25) is 0 Å². The molecule has 0 spiro atoms. The maximum Gasteiger partial charge on any atom is 0.0979 e. The van der Waals surface area contributed by atoms with Gasteiger partial charge in [-0.25, -0.2) is 19.9 Å². The van der Waals surface area contributed by atoms with Gasteiger partial charge >= 0.3 is 0 Å². The van der Waals surface area contributed by atoms with Crippen molar-refractivity contribution in [1.82, 2.24) is 19.9 Å². The van der Waals surface area contributed by atoms with E-state index in [2.05, 4.69) is 108 Å². The second-order valence-electron chi connectivity index (χ2n) is 10.7. The Kier molecular flexibility index (Phi) is 4.96. The summed E-state index contributed by atoms with van der Waals surface area (Å²) in [6.07, 6.45) is 5.39. The first kappa shape index (κ1) is 23.2. The molecule has 41 heavy (non-hydrogen) atoms. The van der Waals surface area contributed by atoms with Gasteiger partial charge in [0, 0.05) is 26.0 Å². The number of benzene rings is 4. The molecule has 7 aromatic rings.